The molecule has 3 heterocycles. The molecule has 1 aliphatic heterocycles. The number of aromatic nitrogens is 2. The minimum Gasteiger partial charge on any atom is -0.371 e. The quantitative estimate of drug-likeness (QED) is 0.508. The van der Waals surface area contributed by atoms with Gasteiger partial charge < -0.3 is 9.88 Å². The molecule has 26 heavy (non-hydrogen) atoms. The zero-order chi connectivity index (χ0) is 17.5. The molecule has 0 radical (unpaired) electrons. The van der Waals surface area contributed by atoms with Crippen LogP contribution in [0.2, 0.25) is 0 Å². The van der Waals surface area contributed by atoms with Crippen molar-refractivity contribution in [2.75, 3.05) is 18.0 Å². The highest BCUT2D eigenvalue weighted by atomic mass is 15.1. The van der Waals surface area contributed by atoms with Gasteiger partial charge in [-0.15, -0.1) is 0 Å². The first-order valence-corrected chi connectivity index (χ1v) is 9.52. The molecule has 3 nitrogen and oxygen atoms in total. The predicted molar refractivity (Wildman–Crippen MR) is 110 cm³/mol. The Morgan fingerprint density at radius 1 is 0.885 bits per heavy atom. The number of anilines is 1. The molecule has 0 spiro atoms. The van der Waals surface area contributed by atoms with Gasteiger partial charge in [0.25, 0.3) is 0 Å². The summed E-state index contributed by atoms with van der Waals surface area (Å²) in [5, 5.41) is 2.51. The Morgan fingerprint density at radius 2 is 1.69 bits per heavy atom. The average Bonchev–Trinajstić information content (AvgIpc) is 3.15. The van der Waals surface area contributed by atoms with E-state index in [0.717, 1.165) is 24.3 Å². The number of nitrogens with zero attached hydrogens (tertiary/aromatic N) is 2. The van der Waals surface area contributed by atoms with Crippen molar-refractivity contribution in [1.29, 1.82) is 0 Å². The SMILES string of the molecule is Cc1cc(N2CCCCC2)c2ccc(-c3ccc4[nH]ccc4c3)cc2n1. The molecular weight excluding hydrogens is 318 g/mol. The summed E-state index contributed by atoms with van der Waals surface area (Å²) in [4.78, 5) is 10.6. The number of nitrogens with one attached hydrogen (secondary N) is 1. The number of piperidine rings is 1. The first kappa shape index (κ1) is 15.4. The van der Waals surface area contributed by atoms with Crippen molar-refractivity contribution in [3.63, 3.8) is 0 Å². The molecule has 0 aliphatic carbocycles. The van der Waals surface area contributed by atoms with Crippen LogP contribution in [0.4, 0.5) is 5.69 Å². The Hall–Kier alpha value is -2.81. The van der Waals surface area contributed by atoms with Crippen LogP contribution >= 0.6 is 0 Å². The van der Waals surface area contributed by atoms with Gasteiger partial charge in [-0.1, -0.05) is 18.2 Å². The lowest BCUT2D eigenvalue weighted by Crippen LogP contribution is -2.29. The second kappa shape index (κ2) is 6.17. The number of hydrogen-bond acceptors (Lipinski definition) is 2. The van der Waals surface area contributed by atoms with Gasteiger partial charge in [-0.05, 0) is 73.0 Å². The van der Waals surface area contributed by atoms with Gasteiger partial charge in [0.05, 0.1) is 5.52 Å². The van der Waals surface area contributed by atoms with E-state index < -0.39 is 0 Å². The van der Waals surface area contributed by atoms with Gasteiger partial charge in [0.15, 0.2) is 0 Å². The summed E-state index contributed by atoms with van der Waals surface area (Å²) in [5.41, 5.74) is 7.18. The molecular formula is C23H23N3. The lowest BCUT2D eigenvalue weighted by Gasteiger charge is -2.30. The normalized spacial score (nSPS) is 15.0. The van der Waals surface area contributed by atoms with Crippen LogP contribution in [0.1, 0.15) is 25.0 Å². The molecule has 0 amide bonds. The van der Waals surface area contributed by atoms with E-state index in [1.165, 1.54) is 52.4 Å². The van der Waals surface area contributed by atoms with Crippen LogP contribution in [-0.2, 0) is 0 Å². The molecule has 1 fully saturated rings. The summed E-state index contributed by atoms with van der Waals surface area (Å²) in [6.45, 7) is 4.42. The van der Waals surface area contributed by atoms with E-state index in [1.807, 2.05) is 6.20 Å². The van der Waals surface area contributed by atoms with E-state index in [9.17, 15) is 0 Å². The van der Waals surface area contributed by atoms with Crippen LogP contribution in [0.15, 0.2) is 54.7 Å². The van der Waals surface area contributed by atoms with Gasteiger partial charge in [0.2, 0.25) is 0 Å². The highest BCUT2D eigenvalue weighted by Gasteiger charge is 2.15. The van der Waals surface area contributed by atoms with Gasteiger partial charge in [0, 0.05) is 41.6 Å². The third-order valence-electron chi connectivity index (χ3n) is 5.50. The van der Waals surface area contributed by atoms with Gasteiger partial charge in [-0.3, -0.25) is 4.98 Å². The number of aromatic amines is 1. The maximum absolute atomic E-state index is 4.84. The van der Waals surface area contributed by atoms with E-state index in [0.29, 0.717) is 0 Å². The maximum atomic E-state index is 4.84. The summed E-state index contributed by atoms with van der Waals surface area (Å²) in [7, 11) is 0. The average molecular weight is 341 g/mol. The fourth-order valence-electron chi connectivity index (χ4n) is 4.15. The van der Waals surface area contributed by atoms with Crippen LogP contribution in [0, 0.1) is 6.92 Å². The van der Waals surface area contributed by atoms with Gasteiger partial charge in [-0.2, -0.15) is 0 Å². The Morgan fingerprint density at radius 3 is 2.58 bits per heavy atom. The Bertz CT molecular complexity index is 1090. The van der Waals surface area contributed by atoms with Gasteiger partial charge in [0.1, 0.15) is 0 Å². The summed E-state index contributed by atoms with van der Waals surface area (Å²) >= 11 is 0. The molecule has 2 aromatic heterocycles. The largest absolute Gasteiger partial charge is 0.371 e. The van der Waals surface area contributed by atoms with E-state index in [1.54, 1.807) is 0 Å². The van der Waals surface area contributed by atoms with Gasteiger partial charge in [-0.25, -0.2) is 0 Å². The first-order chi connectivity index (χ1) is 12.8. The number of pyridine rings is 1. The molecule has 0 unspecified atom stereocenters. The van der Waals surface area contributed by atoms with Crippen LogP contribution in [0.3, 0.4) is 0 Å². The number of aryl methyl sites for hydroxylation is 1. The van der Waals surface area contributed by atoms with Crippen molar-refractivity contribution in [2.24, 2.45) is 0 Å². The monoisotopic (exact) mass is 341 g/mol. The number of H-pyrrole nitrogens is 1. The molecule has 130 valence electrons. The summed E-state index contributed by atoms with van der Waals surface area (Å²) < 4.78 is 0. The molecule has 0 atom stereocenters. The molecule has 5 rings (SSSR count). The van der Waals surface area contributed by atoms with E-state index in [2.05, 4.69) is 65.3 Å². The molecule has 0 bridgehead atoms. The molecule has 4 aromatic rings. The topological polar surface area (TPSA) is 31.9 Å². The number of rotatable bonds is 2. The molecule has 1 aliphatic rings. The molecule has 0 saturated carbocycles. The zero-order valence-electron chi connectivity index (χ0n) is 15.1. The lowest BCUT2D eigenvalue weighted by atomic mass is 10.0. The van der Waals surface area contributed by atoms with Crippen molar-refractivity contribution in [1.82, 2.24) is 9.97 Å². The third-order valence-corrected chi connectivity index (χ3v) is 5.50. The minimum atomic E-state index is 1.09. The summed E-state index contributed by atoms with van der Waals surface area (Å²) in [5.74, 6) is 0. The van der Waals surface area contributed by atoms with Crippen molar-refractivity contribution >= 4 is 27.5 Å². The Labute approximate surface area is 153 Å². The van der Waals surface area contributed by atoms with Crippen LogP contribution in [0.5, 0.6) is 0 Å². The smallest absolute Gasteiger partial charge is 0.0732 e. The number of benzene rings is 2. The Kier molecular flexibility index (Phi) is 3.66. The zero-order valence-corrected chi connectivity index (χ0v) is 15.1. The highest BCUT2D eigenvalue weighted by molar-refractivity contribution is 5.95. The lowest BCUT2D eigenvalue weighted by molar-refractivity contribution is 0.579. The van der Waals surface area contributed by atoms with Crippen molar-refractivity contribution in [3.8, 4) is 11.1 Å². The second-order valence-corrected chi connectivity index (χ2v) is 7.34. The Balaban J connectivity index is 1.62. The standard InChI is InChI=1S/C23H23N3/c1-16-13-23(26-11-3-2-4-12-26)20-7-5-18(15-22(20)25-16)17-6-8-21-19(14-17)9-10-24-21/h5-10,13-15,24H,2-4,11-12H2,1H3. The minimum absolute atomic E-state index is 1.09. The second-order valence-electron chi connectivity index (χ2n) is 7.34. The highest BCUT2D eigenvalue weighted by Crippen LogP contribution is 2.32. The third kappa shape index (κ3) is 2.64. The molecule has 1 N–H and O–H groups in total. The van der Waals surface area contributed by atoms with Crippen LogP contribution < -0.4 is 4.90 Å². The predicted octanol–water partition coefficient (Wildman–Crippen LogP) is 5.68. The fraction of sp³-hybridized carbons (Fsp3) is 0.261. The molecule has 2 aromatic carbocycles. The van der Waals surface area contributed by atoms with Crippen molar-refractivity contribution < 1.29 is 0 Å². The van der Waals surface area contributed by atoms with Crippen LogP contribution in [0.25, 0.3) is 32.9 Å². The summed E-state index contributed by atoms with van der Waals surface area (Å²) in [6, 6.07) is 17.7. The van der Waals surface area contributed by atoms with E-state index in [4.69, 9.17) is 4.98 Å². The van der Waals surface area contributed by atoms with Crippen molar-refractivity contribution in [3.05, 3.63) is 60.4 Å². The van der Waals surface area contributed by atoms with E-state index >= 15 is 0 Å². The molecule has 3 heteroatoms. The van der Waals surface area contributed by atoms with Crippen LogP contribution in [-0.4, -0.2) is 23.1 Å². The first-order valence-electron chi connectivity index (χ1n) is 9.52. The number of fused-ring (bicyclic) bond motifs is 2. The fourth-order valence-corrected chi connectivity index (χ4v) is 4.15. The summed E-state index contributed by atoms with van der Waals surface area (Å²) in [6.07, 6.45) is 5.92. The number of hydrogen-bond donors (Lipinski definition) is 1. The van der Waals surface area contributed by atoms with Crippen molar-refractivity contribution in [2.45, 2.75) is 26.2 Å². The maximum Gasteiger partial charge on any atom is 0.0732 e. The van der Waals surface area contributed by atoms with Gasteiger partial charge >= 0.3 is 0 Å². The van der Waals surface area contributed by atoms with E-state index in [-0.39, 0.29) is 0 Å². The molecule has 1 saturated heterocycles.